The van der Waals surface area contributed by atoms with Crippen LogP contribution in [0.2, 0.25) is 0 Å². The molecule has 0 heterocycles. The topological polar surface area (TPSA) is 41.5 Å². The molecule has 0 aromatic rings. The van der Waals surface area contributed by atoms with Crippen LogP contribution in [0.5, 0.6) is 0 Å². The van der Waals surface area contributed by atoms with Crippen molar-refractivity contribution in [2.45, 2.75) is 84.0 Å². The lowest BCUT2D eigenvalue weighted by molar-refractivity contribution is -0.0239. The summed E-state index contributed by atoms with van der Waals surface area (Å²) in [7, 11) is 0. The molecule has 2 N–H and O–H groups in total. The van der Waals surface area contributed by atoms with Gasteiger partial charge in [0.05, 0.1) is 18.8 Å². The van der Waals surface area contributed by atoms with Gasteiger partial charge in [-0.15, -0.1) is 0 Å². The molecule has 0 aromatic heterocycles. The molecule has 0 saturated heterocycles. The highest BCUT2D eigenvalue weighted by Crippen LogP contribution is 2.20. The van der Waals surface area contributed by atoms with E-state index in [1.807, 2.05) is 0 Å². The second-order valence-electron chi connectivity index (χ2n) is 6.02. The van der Waals surface area contributed by atoms with E-state index in [9.17, 15) is 5.11 Å². The number of nitrogens with one attached hydrogen (secondary N) is 1. The van der Waals surface area contributed by atoms with Crippen LogP contribution in [0.1, 0.15) is 65.7 Å². The van der Waals surface area contributed by atoms with Crippen LogP contribution < -0.4 is 5.32 Å². The fourth-order valence-electron chi connectivity index (χ4n) is 3.02. The summed E-state index contributed by atoms with van der Waals surface area (Å²) in [5.74, 6) is 0.700. The Bertz CT molecular complexity index is 213. The minimum Gasteiger partial charge on any atom is -0.389 e. The summed E-state index contributed by atoms with van der Waals surface area (Å²) in [6.07, 6.45) is 8.65. The first-order chi connectivity index (χ1) is 9.17. The molecule has 1 rings (SSSR count). The van der Waals surface area contributed by atoms with Gasteiger partial charge in [0.2, 0.25) is 0 Å². The number of hydrogen-bond acceptors (Lipinski definition) is 3. The van der Waals surface area contributed by atoms with E-state index < -0.39 is 0 Å². The molecule has 1 aliphatic carbocycles. The monoisotopic (exact) mass is 271 g/mol. The molecule has 1 saturated carbocycles. The van der Waals surface area contributed by atoms with Crippen LogP contribution in [0.25, 0.3) is 0 Å². The van der Waals surface area contributed by atoms with Gasteiger partial charge < -0.3 is 15.2 Å². The molecule has 0 amide bonds. The van der Waals surface area contributed by atoms with Gasteiger partial charge in [-0.2, -0.15) is 0 Å². The number of ether oxygens (including phenoxy) is 1. The summed E-state index contributed by atoms with van der Waals surface area (Å²) in [5, 5.41) is 13.4. The summed E-state index contributed by atoms with van der Waals surface area (Å²) >= 11 is 0. The molecule has 0 aliphatic heterocycles. The molecule has 19 heavy (non-hydrogen) atoms. The van der Waals surface area contributed by atoms with Crippen molar-refractivity contribution in [1.82, 2.24) is 5.32 Å². The van der Waals surface area contributed by atoms with Crippen molar-refractivity contribution in [2.75, 3.05) is 13.2 Å². The number of aliphatic hydroxyl groups excluding tert-OH is 1. The van der Waals surface area contributed by atoms with Crippen LogP contribution in [0, 0.1) is 5.92 Å². The zero-order valence-corrected chi connectivity index (χ0v) is 13.0. The maximum Gasteiger partial charge on any atom is 0.0897 e. The first-order valence-corrected chi connectivity index (χ1v) is 8.20. The van der Waals surface area contributed by atoms with Gasteiger partial charge in [0.1, 0.15) is 0 Å². The van der Waals surface area contributed by atoms with Crippen molar-refractivity contribution in [2.24, 2.45) is 5.92 Å². The molecule has 0 radical (unpaired) electrons. The van der Waals surface area contributed by atoms with Crippen molar-refractivity contribution in [3.63, 3.8) is 0 Å². The lowest BCUT2D eigenvalue weighted by atomic mass is 9.95. The number of aliphatic hydroxyl groups is 1. The first kappa shape index (κ1) is 16.9. The van der Waals surface area contributed by atoms with Crippen LogP contribution in [0.3, 0.4) is 0 Å². The van der Waals surface area contributed by atoms with Gasteiger partial charge in [-0.25, -0.2) is 0 Å². The minimum absolute atomic E-state index is 0.376. The molecule has 2 atom stereocenters. The van der Waals surface area contributed by atoms with Gasteiger partial charge in [0, 0.05) is 12.6 Å². The molecular formula is C16H33NO2. The minimum atomic E-state index is -0.376. The molecule has 1 fully saturated rings. The van der Waals surface area contributed by atoms with Gasteiger partial charge in [0.15, 0.2) is 0 Å². The normalized spacial score (nSPS) is 20.7. The fraction of sp³-hybridized carbons (Fsp3) is 1.00. The third-order valence-electron chi connectivity index (χ3n) is 4.51. The van der Waals surface area contributed by atoms with Crippen LogP contribution in [0.4, 0.5) is 0 Å². The number of hydrogen-bond donors (Lipinski definition) is 2. The average Bonchev–Trinajstić information content (AvgIpc) is 2.45. The lowest BCUT2D eigenvalue weighted by Crippen LogP contribution is -2.40. The van der Waals surface area contributed by atoms with Crippen LogP contribution >= 0.6 is 0 Å². The molecule has 0 bridgehead atoms. The van der Waals surface area contributed by atoms with Crippen LogP contribution in [-0.2, 0) is 4.74 Å². The zero-order chi connectivity index (χ0) is 14.1. The Morgan fingerprint density at radius 3 is 2.37 bits per heavy atom. The van der Waals surface area contributed by atoms with Crippen molar-refractivity contribution >= 4 is 0 Å². The third kappa shape index (κ3) is 6.73. The van der Waals surface area contributed by atoms with Gasteiger partial charge in [-0.1, -0.05) is 46.0 Å². The molecule has 3 heteroatoms. The Kier molecular flexibility index (Phi) is 8.67. The van der Waals surface area contributed by atoms with E-state index in [1.54, 1.807) is 0 Å². The van der Waals surface area contributed by atoms with E-state index in [2.05, 4.69) is 26.1 Å². The van der Waals surface area contributed by atoms with Gasteiger partial charge >= 0.3 is 0 Å². The molecule has 114 valence electrons. The molecular weight excluding hydrogens is 238 g/mol. The summed E-state index contributed by atoms with van der Waals surface area (Å²) in [6.45, 7) is 7.80. The van der Waals surface area contributed by atoms with Crippen LogP contribution in [-0.4, -0.2) is 36.5 Å². The third-order valence-corrected chi connectivity index (χ3v) is 4.51. The molecule has 2 unspecified atom stereocenters. The highest BCUT2D eigenvalue weighted by Gasteiger charge is 2.17. The Morgan fingerprint density at radius 1 is 1.16 bits per heavy atom. The highest BCUT2D eigenvalue weighted by atomic mass is 16.5. The van der Waals surface area contributed by atoms with E-state index in [0.717, 1.165) is 0 Å². The van der Waals surface area contributed by atoms with Crippen molar-refractivity contribution in [3.8, 4) is 0 Å². The van der Waals surface area contributed by atoms with Gasteiger partial charge in [-0.3, -0.25) is 0 Å². The highest BCUT2D eigenvalue weighted by molar-refractivity contribution is 4.72. The predicted molar refractivity (Wildman–Crippen MR) is 80.4 cm³/mol. The van der Waals surface area contributed by atoms with E-state index in [-0.39, 0.29) is 6.10 Å². The largest absolute Gasteiger partial charge is 0.389 e. The molecule has 3 nitrogen and oxygen atoms in total. The van der Waals surface area contributed by atoms with E-state index in [0.29, 0.717) is 31.2 Å². The Balaban J connectivity index is 2.11. The Hall–Kier alpha value is -0.120. The maximum absolute atomic E-state index is 9.97. The second kappa shape index (κ2) is 9.73. The Labute approximate surface area is 119 Å². The van der Waals surface area contributed by atoms with Gasteiger partial charge in [0.25, 0.3) is 0 Å². The van der Waals surface area contributed by atoms with E-state index in [1.165, 1.54) is 44.9 Å². The van der Waals surface area contributed by atoms with Gasteiger partial charge in [-0.05, 0) is 25.7 Å². The first-order valence-electron chi connectivity index (χ1n) is 8.20. The smallest absolute Gasteiger partial charge is 0.0897 e. The molecule has 1 aliphatic rings. The van der Waals surface area contributed by atoms with E-state index >= 15 is 0 Å². The predicted octanol–water partition coefficient (Wildman–Crippen LogP) is 3.11. The summed E-state index contributed by atoms with van der Waals surface area (Å²) in [5.41, 5.74) is 0. The van der Waals surface area contributed by atoms with Crippen LogP contribution in [0.15, 0.2) is 0 Å². The van der Waals surface area contributed by atoms with E-state index in [4.69, 9.17) is 4.74 Å². The summed E-state index contributed by atoms with van der Waals surface area (Å²) < 4.78 is 5.80. The van der Waals surface area contributed by atoms with Crippen molar-refractivity contribution < 1.29 is 9.84 Å². The zero-order valence-electron chi connectivity index (χ0n) is 13.0. The maximum atomic E-state index is 9.97. The average molecular weight is 271 g/mol. The summed E-state index contributed by atoms with van der Waals surface area (Å²) in [6, 6.07) is 0.472. The Morgan fingerprint density at radius 2 is 1.79 bits per heavy atom. The second-order valence-corrected chi connectivity index (χ2v) is 6.02. The van der Waals surface area contributed by atoms with Crippen molar-refractivity contribution in [1.29, 1.82) is 0 Å². The standard InChI is InChI=1S/C16H33NO2/c1-4-14(5-2)13(3)17-11-15(18)12-19-16-9-7-6-8-10-16/h13-18H,4-12H2,1-3H3. The summed E-state index contributed by atoms with van der Waals surface area (Å²) in [4.78, 5) is 0. The van der Waals surface area contributed by atoms with Crippen molar-refractivity contribution in [3.05, 3.63) is 0 Å². The molecule has 0 aromatic carbocycles. The SMILES string of the molecule is CCC(CC)C(C)NCC(O)COC1CCCCC1. The quantitative estimate of drug-likeness (QED) is 0.677. The fourth-order valence-corrected chi connectivity index (χ4v) is 3.02. The lowest BCUT2D eigenvalue weighted by Gasteiger charge is -2.26. The number of rotatable bonds is 9. The molecule has 0 spiro atoms.